The smallest absolute Gasteiger partial charge is 0.410 e. The van der Waals surface area contributed by atoms with E-state index in [2.05, 4.69) is 0 Å². The standard InChI is InChI=1S/C33H33NO7S/c1-33(2,3)41-32(37)34(23-25-8-5-4-6-9-25)21-20-24-12-18-29(19-13-24)42(38,39)30-11-7-10-28(22-30)40-27-16-14-26(15-17-27)31(35)36/h4-19,22H,20-21,23H2,1-3H3,(H,35,36). The van der Waals surface area contributed by atoms with Crippen LogP contribution in [0.4, 0.5) is 4.79 Å². The van der Waals surface area contributed by atoms with E-state index in [1.165, 1.54) is 36.4 Å². The van der Waals surface area contributed by atoms with Crippen LogP contribution in [-0.4, -0.2) is 42.6 Å². The molecule has 0 aromatic heterocycles. The maximum absolute atomic E-state index is 13.4. The largest absolute Gasteiger partial charge is 0.478 e. The van der Waals surface area contributed by atoms with Crippen molar-refractivity contribution in [1.29, 1.82) is 0 Å². The lowest BCUT2D eigenvalue weighted by atomic mass is 10.1. The van der Waals surface area contributed by atoms with Crippen LogP contribution >= 0.6 is 0 Å². The van der Waals surface area contributed by atoms with Gasteiger partial charge in [-0.2, -0.15) is 0 Å². The first-order valence-corrected chi connectivity index (χ1v) is 14.9. The van der Waals surface area contributed by atoms with Gasteiger partial charge in [0.25, 0.3) is 0 Å². The lowest BCUT2D eigenvalue weighted by molar-refractivity contribution is 0.0235. The minimum Gasteiger partial charge on any atom is -0.478 e. The highest BCUT2D eigenvalue weighted by molar-refractivity contribution is 7.91. The second kappa shape index (κ2) is 12.9. The van der Waals surface area contributed by atoms with Crippen molar-refractivity contribution in [3.8, 4) is 11.5 Å². The third-order valence-corrected chi connectivity index (χ3v) is 7.99. The van der Waals surface area contributed by atoms with Gasteiger partial charge in [-0.05, 0) is 92.9 Å². The normalized spacial score (nSPS) is 11.5. The van der Waals surface area contributed by atoms with Gasteiger partial charge in [-0.25, -0.2) is 18.0 Å². The molecule has 0 heterocycles. The maximum Gasteiger partial charge on any atom is 0.410 e. The van der Waals surface area contributed by atoms with Gasteiger partial charge in [0.2, 0.25) is 9.84 Å². The molecule has 218 valence electrons. The minimum atomic E-state index is -3.84. The number of sulfone groups is 1. The highest BCUT2D eigenvalue weighted by Gasteiger charge is 2.23. The number of benzene rings is 4. The van der Waals surface area contributed by atoms with Crippen LogP contribution in [0.3, 0.4) is 0 Å². The van der Waals surface area contributed by atoms with Gasteiger partial charge in [-0.1, -0.05) is 48.5 Å². The summed E-state index contributed by atoms with van der Waals surface area (Å²) >= 11 is 0. The van der Waals surface area contributed by atoms with E-state index in [0.717, 1.165) is 11.1 Å². The maximum atomic E-state index is 13.4. The van der Waals surface area contributed by atoms with Crippen LogP contribution in [0.25, 0.3) is 0 Å². The molecule has 0 aliphatic rings. The summed E-state index contributed by atoms with van der Waals surface area (Å²) in [5, 5.41) is 9.06. The predicted molar refractivity (Wildman–Crippen MR) is 159 cm³/mol. The summed E-state index contributed by atoms with van der Waals surface area (Å²) in [7, 11) is -3.84. The summed E-state index contributed by atoms with van der Waals surface area (Å²) in [5.41, 5.74) is 1.34. The number of hydrogen-bond acceptors (Lipinski definition) is 6. The number of carbonyl (C=O) groups is 2. The summed E-state index contributed by atoms with van der Waals surface area (Å²) in [4.78, 5) is 25.8. The number of nitrogens with zero attached hydrogens (tertiary/aromatic N) is 1. The van der Waals surface area contributed by atoms with Crippen molar-refractivity contribution in [3.05, 3.63) is 120 Å². The van der Waals surface area contributed by atoms with Crippen LogP contribution in [0.2, 0.25) is 0 Å². The molecule has 8 nitrogen and oxygen atoms in total. The Balaban J connectivity index is 1.45. The number of rotatable bonds is 10. The molecule has 0 aliphatic carbocycles. The van der Waals surface area contributed by atoms with E-state index in [0.29, 0.717) is 31.0 Å². The van der Waals surface area contributed by atoms with E-state index < -0.39 is 27.5 Å². The summed E-state index contributed by atoms with van der Waals surface area (Å²) < 4.78 is 38.1. The van der Waals surface area contributed by atoms with E-state index >= 15 is 0 Å². The molecule has 1 amide bonds. The van der Waals surface area contributed by atoms with Crippen LogP contribution in [-0.2, 0) is 27.5 Å². The van der Waals surface area contributed by atoms with Gasteiger partial charge in [0.15, 0.2) is 0 Å². The molecule has 4 aromatic carbocycles. The van der Waals surface area contributed by atoms with Crippen LogP contribution in [0, 0.1) is 0 Å². The molecule has 0 saturated heterocycles. The average Bonchev–Trinajstić information content (AvgIpc) is 2.95. The number of amides is 1. The van der Waals surface area contributed by atoms with E-state index in [4.69, 9.17) is 14.6 Å². The Bertz CT molecular complexity index is 1630. The molecule has 4 aromatic rings. The summed E-state index contributed by atoms with van der Waals surface area (Å²) in [5.74, 6) is -0.365. The first-order chi connectivity index (χ1) is 19.9. The first-order valence-electron chi connectivity index (χ1n) is 13.4. The monoisotopic (exact) mass is 587 g/mol. The third-order valence-electron chi connectivity index (χ3n) is 6.22. The van der Waals surface area contributed by atoms with Crippen molar-refractivity contribution in [2.45, 2.75) is 49.1 Å². The number of ether oxygens (including phenoxy) is 2. The molecule has 9 heteroatoms. The Morgan fingerprint density at radius 3 is 2.05 bits per heavy atom. The highest BCUT2D eigenvalue weighted by atomic mass is 32.2. The lowest BCUT2D eigenvalue weighted by Crippen LogP contribution is -2.37. The molecule has 42 heavy (non-hydrogen) atoms. The summed E-state index contributed by atoms with van der Waals surface area (Å²) in [6, 6.07) is 28.2. The van der Waals surface area contributed by atoms with E-state index in [1.807, 2.05) is 51.1 Å². The predicted octanol–water partition coefficient (Wildman–Crippen LogP) is 6.99. The van der Waals surface area contributed by atoms with Crippen molar-refractivity contribution in [1.82, 2.24) is 4.90 Å². The molecule has 0 radical (unpaired) electrons. The van der Waals surface area contributed by atoms with Crippen LogP contribution < -0.4 is 4.74 Å². The van der Waals surface area contributed by atoms with Crippen LogP contribution in [0.15, 0.2) is 113 Å². The minimum absolute atomic E-state index is 0.0638. The van der Waals surface area contributed by atoms with Gasteiger partial charge in [-0.3, -0.25) is 0 Å². The lowest BCUT2D eigenvalue weighted by Gasteiger charge is -2.27. The van der Waals surface area contributed by atoms with Gasteiger partial charge >= 0.3 is 12.1 Å². The topological polar surface area (TPSA) is 110 Å². The number of carboxylic acid groups (broad SMARTS) is 1. The number of carboxylic acids is 1. The van der Waals surface area contributed by atoms with Gasteiger partial charge in [-0.15, -0.1) is 0 Å². The molecule has 1 N–H and O–H groups in total. The fourth-order valence-corrected chi connectivity index (χ4v) is 5.40. The van der Waals surface area contributed by atoms with Crippen LogP contribution in [0.5, 0.6) is 11.5 Å². The Morgan fingerprint density at radius 2 is 1.43 bits per heavy atom. The van der Waals surface area contributed by atoms with Crippen molar-refractivity contribution in [2.75, 3.05) is 6.54 Å². The first kappa shape index (κ1) is 30.3. The highest BCUT2D eigenvalue weighted by Crippen LogP contribution is 2.28. The van der Waals surface area contributed by atoms with Gasteiger partial charge in [0.05, 0.1) is 15.4 Å². The SMILES string of the molecule is CC(C)(C)OC(=O)N(CCc1ccc(S(=O)(=O)c2cccc(Oc3ccc(C(=O)O)cc3)c2)cc1)Cc1ccccc1. The Labute approximate surface area is 246 Å². The summed E-state index contributed by atoms with van der Waals surface area (Å²) in [6.45, 7) is 6.26. The molecule has 0 bridgehead atoms. The molecule has 0 spiro atoms. The second-order valence-electron chi connectivity index (χ2n) is 10.7. The zero-order valence-electron chi connectivity index (χ0n) is 23.7. The van der Waals surface area contributed by atoms with Crippen molar-refractivity contribution in [2.24, 2.45) is 0 Å². The van der Waals surface area contributed by atoms with E-state index in [1.54, 1.807) is 41.3 Å². The zero-order valence-corrected chi connectivity index (χ0v) is 24.5. The second-order valence-corrected chi connectivity index (χ2v) is 12.6. The van der Waals surface area contributed by atoms with Crippen LogP contribution in [0.1, 0.15) is 42.3 Å². The zero-order chi connectivity index (χ0) is 30.3. The molecular weight excluding hydrogens is 554 g/mol. The van der Waals surface area contributed by atoms with Crippen molar-refractivity contribution < 1.29 is 32.6 Å². The fourth-order valence-electron chi connectivity index (χ4n) is 4.11. The number of aromatic carboxylic acids is 1. The van der Waals surface area contributed by atoms with Gasteiger partial charge in [0, 0.05) is 13.1 Å². The molecular formula is C33H33NO7S. The van der Waals surface area contributed by atoms with Gasteiger partial charge in [0.1, 0.15) is 17.1 Å². The quantitative estimate of drug-likeness (QED) is 0.213. The van der Waals surface area contributed by atoms with Crippen molar-refractivity contribution in [3.63, 3.8) is 0 Å². The Kier molecular flexibility index (Phi) is 9.32. The number of carbonyl (C=O) groups excluding carboxylic acids is 1. The van der Waals surface area contributed by atoms with E-state index in [-0.39, 0.29) is 15.4 Å². The molecule has 0 unspecified atom stereocenters. The third kappa shape index (κ3) is 8.20. The van der Waals surface area contributed by atoms with E-state index in [9.17, 15) is 18.0 Å². The molecule has 0 aliphatic heterocycles. The average molecular weight is 588 g/mol. The molecule has 0 saturated carbocycles. The molecule has 4 rings (SSSR count). The number of hydrogen-bond donors (Lipinski definition) is 1. The molecule has 0 atom stereocenters. The molecule has 0 fully saturated rings. The Hall–Kier alpha value is -4.63. The van der Waals surface area contributed by atoms with Gasteiger partial charge < -0.3 is 19.5 Å². The van der Waals surface area contributed by atoms with Crippen molar-refractivity contribution >= 4 is 21.9 Å². The fraction of sp³-hybridized carbons (Fsp3) is 0.212. The summed E-state index contributed by atoms with van der Waals surface area (Å²) in [6.07, 6.45) is 0.0987. The Morgan fingerprint density at radius 1 is 0.762 bits per heavy atom.